The first-order valence-corrected chi connectivity index (χ1v) is 9.84. The summed E-state index contributed by atoms with van der Waals surface area (Å²) in [5, 5.41) is 0. The highest BCUT2D eigenvalue weighted by atomic mass is 35.5. The number of likely N-dealkylation sites (tertiary alicyclic amines) is 1. The Labute approximate surface area is 164 Å². The van der Waals surface area contributed by atoms with Crippen molar-refractivity contribution >= 4 is 18.3 Å². The number of halogens is 1. The van der Waals surface area contributed by atoms with E-state index in [0.717, 1.165) is 38.9 Å². The number of benzene rings is 1. The van der Waals surface area contributed by atoms with Gasteiger partial charge >= 0.3 is 0 Å². The van der Waals surface area contributed by atoms with Gasteiger partial charge in [0.25, 0.3) is 0 Å². The van der Waals surface area contributed by atoms with Gasteiger partial charge in [-0.05, 0) is 36.8 Å². The summed E-state index contributed by atoms with van der Waals surface area (Å²) in [4.78, 5) is 17.4. The van der Waals surface area contributed by atoms with E-state index in [0.29, 0.717) is 24.9 Å². The van der Waals surface area contributed by atoms with E-state index in [1.54, 1.807) is 0 Å². The molecule has 2 N–H and O–H groups in total. The Balaban J connectivity index is 0.00000243. The highest BCUT2D eigenvalue weighted by Crippen LogP contribution is 2.39. The van der Waals surface area contributed by atoms with Crippen molar-refractivity contribution in [1.29, 1.82) is 0 Å². The van der Waals surface area contributed by atoms with Gasteiger partial charge in [0.05, 0.1) is 0 Å². The van der Waals surface area contributed by atoms with Gasteiger partial charge in [-0.1, -0.05) is 49.6 Å². The van der Waals surface area contributed by atoms with Gasteiger partial charge in [-0.3, -0.25) is 9.69 Å². The Morgan fingerprint density at radius 1 is 1.23 bits per heavy atom. The topological polar surface area (TPSA) is 49.6 Å². The van der Waals surface area contributed by atoms with Crippen LogP contribution in [0.3, 0.4) is 0 Å². The highest BCUT2D eigenvalue weighted by molar-refractivity contribution is 5.85. The molecule has 2 aliphatic rings. The summed E-state index contributed by atoms with van der Waals surface area (Å²) in [6.45, 7) is 3.68. The predicted octanol–water partition coefficient (Wildman–Crippen LogP) is 3.44. The summed E-state index contributed by atoms with van der Waals surface area (Å²) >= 11 is 0. The van der Waals surface area contributed by atoms with Crippen LogP contribution < -0.4 is 5.73 Å². The monoisotopic (exact) mass is 379 g/mol. The molecule has 1 heterocycles. The van der Waals surface area contributed by atoms with E-state index in [1.165, 1.54) is 24.8 Å². The molecule has 0 radical (unpaired) electrons. The molecule has 1 saturated carbocycles. The molecular formula is C21H34ClN3O. The van der Waals surface area contributed by atoms with E-state index in [4.69, 9.17) is 5.73 Å². The Hall–Kier alpha value is -1.10. The lowest BCUT2D eigenvalue weighted by Crippen LogP contribution is -2.43. The largest absolute Gasteiger partial charge is 0.341 e. The van der Waals surface area contributed by atoms with Crippen LogP contribution in [-0.2, 0) is 11.3 Å². The van der Waals surface area contributed by atoms with Gasteiger partial charge in [-0.15, -0.1) is 12.4 Å². The van der Waals surface area contributed by atoms with Crippen molar-refractivity contribution in [1.82, 2.24) is 9.80 Å². The first-order valence-electron chi connectivity index (χ1n) is 9.84. The predicted molar refractivity (Wildman–Crippen MR) is 109 cm³/mol. The maximum absolute atomic E-state index is 12.9. The van der Waals surface area contributed by atoms with Gasteiger partial charge in [-0.2, -0.15) is 0 Å². The number of carbonyl (C=O) groups excluding carboxylic acids is 1. The standard InChI is InChI=1S/C21H33N3O.ClH/c1-23(20(25)14-21(17-22)11-6-3-7-12-21)19-10-13-24(16-19)15-18-8-4-2-5-9-18;/h2,4-5,8-9,19H,3,6-7,10-17,22H2,1H3;1H. The smallest absolute Gasteiger partial charge is 0.223 e. The Morgan fingerprint density at radius 2 is 1.92 bits per heavy atom. The van der Waals surface area contributed by atoms with Crippen LogP contribution in [0, 0.1) is 5.41 Å². The van der Waals surface area contributed by atoms with Crippen molar-refractivity contribution < 1.29 is 4.79 Å². The average molecular weight is 380 g/mol. The molecule has 0 aromatic heterocycles. The van der Waals surface area contributed by atoms with Crippen molar-refractivity contribution in [3.05, 3.63) is 35.9 Å². The zero-order valence-corrected chi connectivity index (χ0v) is 16.8. The molecule has 5 heteroatoms. The lowest BCUT2D eigenvalue weighted by Gasteiger charge is -2.37. The normalized spacial score (nSPS) is 22.6. The number of likely N-dealkylation sites (N-methyl/N-ethyl adjacent to an activating group) is 1. The minimum atomic E-state index is 0. The fourth-order valence-electron chi connectivity index (χ4n) is 4.52. The molecule has 1 atom stereocenters. The first-order chi connectivity index (χ1) is 12.1. The van der Waals surface area contributed by atoms with Gasteiger partial charge in [0.2, 0.25) is 5.91 Å². The third kappa shape index (κ3) is 5.21. The fraction of sp³-hybridized carbons (Fsp3) is 0.667. The number of hydrogen-bond acceptors (Lipinski definition) is 3. The van der Waals surface area contributed by atoms with Crippen LogP contribution in [0.5, 0.6) is 0 Å². The first kappa shape index (κ1) is 21.2. The van der Waals surface area contributed by atoms with E-state index < -0.39 is 0 Å². The second-order valence-electron chi connectivity index (χ2n) is 8.11. The summed E-state index contributed by atoms with van der Waals surface area (Å²) in [5.41, 5.74) is 7.48. The lowest BCUT2D eigenvalue weighted by atomic mass is 9.71. The van der Waals surface area contributed by atoms with Gasteiger partial charge in [-0.25, -0.2) is 0 Å². The van der Waals surface area contributed by atoms with Crippen molar-refractivity contribution in [3.8, 4) is 0 Å². The Kier molecular flexibility index (Phi) is 7.93. The second kappa shape index (κ2) is 9.72. The maximum atomic E-state index is 12.9. The Bertz CT molecular complexity index is 560. The summed E-state index contributed by atoms with van der Waals surface area (Å²) in [5.74, 6) is 0.291. The van der Waals surface area contributed by atoms with E-state index >= 15 is 0 Å². The van der Waals surface area contributed by atoms with E-state index in [2.05, 4.69) is 35.2 Å². The fourth-order valence-corrected chi connectivity index (χ4v) is 4.52. The molecule has 26 heavy (non-hydrogen) atoms. The average Bonchev–Trinajstić information content (AvgIpc) is 3.11. The van der Waals surface area contributed by atoms with Crippen molar-refractivity contribution in [3.63, 3.8) is 0 Å². The molecule has 1 aromatic rings. The summed E-state index contributed by atoms with van der Waals surface area (Å²) in [7, 11) is 1.99. The van der Waals surface area contributed by atoms with Crippen molar-refractivity contribution in [2.75, 3.05) is 26.7 Å². The summed E-state index contributed by atoms with van der Waals surface area (Å²) in [6, 6.07) is 10.9. The van der Waals surface area contributed by atoms with Crippen LogP contribution in [0.2, 0.25) is 0 Å². The lowest BCUT2D eigenvalue weighted by molar-refractivity contribution is -0.134. The number of hydrogen-bond donors (Lipinski definition) is 1. The second-order valence-corrected chi connectivity index (χ2v) is 8.11. The van der Waals surface area contributed by atoms with E-state index in [1.807, 2.05) is 11.9 Å². The van der Waals surface area contributed by atoms with E-state index in [9.17, 15) is 4.79 Å². The van der Waals surface area contributed by atoms with Crippen LogP contribution in [0.15, 0.2) is 30.3 Å². The molecule has 1 aliphatic carbocycles. The van der Waals surface area contributed by atoms with Crippen molar-refractivity contribution in [2.45, 2.75) is 57.5 Å². The molecule has 1 aromatic carbocycles. The minimum Gasteiger partial charge on any atom is -0.341 e. The number of amides is 1. The molecule has 2 fully saturated rings. The van der Waals surface area contributed by atoms with Crippen molar-refractivity contribution in [2.24, 2.45) is 11.1 Å². The van der Waals surface area contributed by atoms with Gasteiger partial charge in [0, 0.05) is 39.1 Å². The molecule has 1 saturated heterocycles. The number of nitrogens with two attached hydrogens (primary N) is 1. The molecule has 1 unspecified atom stereocenters. The van der Waals surface area contributed by atoms with Gasteiger partial charge in [0.1, 0.15) is 0 Å². The molecular weight excluding hydrogens is 346 g/mol. The number of rotatable bonds is 6. The molecule has 4 nitrogen and oxygen atoms in total. The summed E-state index contributed by atoms with van der Waals surface area (Å²) < 4.78 is 0. The van der Waals surface area contributed by atoms with Crippen LogP contribution >= 0.6 is 12.4 Å². The van der Waals surface area contributed by atoms with Crippen LogP contribution in [0.25, 0.3) is 0 Å². The van der Waals surface area contributed by atoms with Gasteiger partial charge < -0.3 is 10.6 Å². The third-order valence-electron chi connectivity index (χ3n) is 6.31. The quantitative estimate of drug-likeness (QED) is 0.823. The van der Waals surface area contributed by atoms with Crippen LogP contribution in [0.1, 0.15) is 50.5 Å². The van der Waals surface area contributed by atoms with E-state index in [-0.39, 0.29) is 17.8 Å². The van der Waals surface area contributed by atoms with Crippen LogP contribution in [0.4, 0.5) is 0 Å². The number of nitrogens with zero attached hydrogens (tertiary/aromatic N) is 2. The van der Waals surface area contributed by atoms with Crippen LogP contribution in [-0.4, -0.2) is 48.4 Å². The zero-order chi connectivity index (χ0) is 17.7. The van der Waals surface area contributed by atoms with Gasteiger partial charge in [0.15, 0.2) is 0 Å². The molecule has 146 valence electrons. The SMILES string of the molecule is CN(C(=O)CC1(CN)CCCCC1)C1CCN(Cc2ccccc2)C1.Cl. The molecule has 3 rings (SSSR count). The minimum absolute atomic E-state index is 0. The summed E-state index contributed by atoms with van der Waals surface area (Å²) in [6.07, 6.45) is 7.69. The Morgan fingerprint density at radius 3 is 2.58 bits per heavy atom. The highest BCUT2D eigenvalue weighted by Gasteiger charge is 2.36. The molecule has 1 aliphatic heterocycles. The molecule has 1 amide bonds. The third-order valence-corrected chi connectivity index (χ3v) is 6.31. The zero-order valence-electron chi connectivity index (χ0n) is 16.0. The molecule has 0 spiro atoms. The maximum Gasteiger partial charge on any atom is 0.223 e. The number of carbonyl (C=O) groups is 1. The molecule has 0 bridgehead atoms.